The highest BCUT2D eigenvalue weighted by Crippen LogP contribution is 2.19. The lowest BCUT2D eigenvalue weighted by Gasteiger charge is -2.17. The van der Waals surface area contributed by atoms with Crippen molar-refractivity contribution in [1.29, 1.82) is 0 Å². The van der Waals surface area contributed by atoms with E-state index in [0.717, 1.165) is 25.7 Å². The van der Waals surface area contributed by atoms with Gasteiger partial charge in [0, 0.05) is 12.8 Å². The Labute approximate surface area is 159 Å². The van der Waals surface area contributed by atoms with Gasteiger partial charge < -0.3 is 9.84 Å². The molecule has 0 aromatic rings. The summed E-state index contributed by atoms with van der Waals surface area (Å²) in [6.45, 7) is 8.00. The van der Waals surface area contributed by atoms with Crippen LogP contribution in [0.2, 0.25) is 0 Å². The lowest BCUT2D eigenvalue weighted by molar-refractivity contribution is -0.145. The lowest BCUT2D eigenvalue weighted by Crippen LogP contribution is -2.14. The molecule has 0 aliphatic heterocycles. The molecule has 0 aromatic heterocycles. The predicted octanol–water partition coefficient (Wildman–Crippen LogP) is 6.06. The topological polar surface area (TPSA) is 63.6 Å². The summed E-state index contributed by atoms with van der Waals surface area (Å²) >= 11 is 0. The van der Waals surface area contributed by atoms with Crippen molar-refractivity contribution >= 4 is 11.9 Å². The fourth-order valence-corrected chi connectivity index (χ4v) is 2.94. The van der Waals surface area contributed by atoms with E-state index in [0.29, 0.717) is 31.8 Å². The lowest BCUT2D eigenvalue weighted by atomic mass is 9.95. The monoisotopic (exact) mass is 366 g/mol. The molecule has 0 amide bonds. The van der Waals surface area contributed by atoms with Gasteiger partial charge in [0.05, 0.1) is 6.61 Å². The molecule has 0 unspecified atom stereocenters. The summed E-state index contributed by atoms with van der Waals surface area (Å²) in [5.41, 5.74) is 0. The fourth-order valence-electron chi connectivity index (χ4n) is 2.94. The SMILES string of the molecule is C=CCCCCCC(CCCCCC=C)COC(=O)CCCCC(=O)O. The van der Waals surface area contributed by atoms with Crippen molar-refractivity contribution in [2.45, 2.75) is 89.9 Å². The summed E-state index contributed by atoms with van der Waals surface area (Å²) in [7, 11) is 0. The van der Waals surface area contributed by atoms with Crippen LogP contribution in [0.15, 0.2) is 25.3 Å². The highest BCUT2D eigenvalue weighted by atomic mass is 16.5. The molecule has 0 fully saturated rings. The van der Waals surface area contributed by atoms with E-state index < -0.39 is 5.97 Å². The highest BCUT2D eigenvalue weighted by molar-refractivity contribution is 5.69. The third kappa shape index (κ3) is 17.2. The van der Waals surface area contributed by atoms with Gasteiger partial charge in [0.2, 0.25) is 0 Å². The third-order valence-electron chi connectivity index (χ3n) is 4.54. The minimum absolute atomic E-state index is 0.116. The number of carboxylic acid groups (broad SMARTS) is 1. The van der Waals surface area contributed by atoms with E-state index >= 15 is 0 Å². The molecule has 0 saturated heterocycles. The van der Waals surface area contributed by atoms with Crippen LogP contribution in [0.1, 0.15) is 89.9 Å². The number of aliphatic carboxylic acids is 1. The summed E-state index contributed by atoms with van der Waals surface area (Å²) in [4.78, 5) is 22.3. The van der Waals surface area contributed by atoms with E-state index in [2.05, 4.69) is 13.2 Å². The Bertz CT molecular complexity index is 372. The Hall–Kier alpha value is -1.58. The molecular formula is C22H38O4. The van der Waals surface area contributed by atoms with Gasteiger partial charge in [-0.15, -0.1) is 13.2 Å². The first kappa shape index (κ1) is 24.4. The van der Waals surface area contributed by atoms with Gasteiger partial charge in [0.1, 0.15) is 0 Å². The average Bonchev–Trinajstić information content (AvgIpc) is 2.62. The van der Waals surface area contributed by atoms with E-state index in [1.54, 1.807) is 0 Å². The zero-order valence-corrected chi connectivity index (χ0v) is 16.4. The van der Waals surface area contributed by atoms with Gasteiger partial charge >= 0.3 is 11.9 Å². The summed E-state index contributed by atoms with van der Waals surface area (Å²) in [6, 6.07) is 0. The standard InChI is InChI=1S/C22H38O4/c1-3-5-7-9-11-15-20(16-12-10-8-6-4-2)19-26-22(25)18-14-13-17-21(23)24/h3-4,20H,1-2,5-19H2,(H,23,24). The molecule has 0 aliphatic carbocycles. The predicted molar refractivity (Wildman–Crippen MR) is 107 cm³/mol. The average molecular weight is 367 g/mol. The summed E-state index contributed by atoms with van der Waals surface area (Å²) in [6.07, 6.45) is 16.9. The maximum Gasteiger partial charge on any atom is 0.305 e. The van der Waals surface area contributed by atoms with Crippen LogP contribution in [0.25, 0.3) is 0 Å². The second-order valence-electron chi connectivity index (χ2n) is 7.00. The molecule has 0 aromatic carbocycles. The van der Waals surface area contributed by atoms with Crippen LogP contribution in [-0.4, -0.2) is 23.7 Å². The van der Waals surface area contributed by atoms with Crippen LogP contribution in [0.4, 0.5) is 0 Å². The van der Waals surface area contributed by atoms with Gasteiger partial charge in [0.25, 0.3) is 0 Å². The van der Waals surface area contributed by atoms with Crippen molar-refractivity contribution in [1.82, 2.24) is 0 Å². The second-order valence-corrected chi connectivity index (χ2v) is 7.00. The van der Waals surface area contributed by atoms with Crippen molar-refractivity contribution in [2.75, 3.05) is 6.61 Å². The quantitative estimate of drug-likeness (QED) is 0.171. The van der Waals surface area contributed by atoms with E-state index in [1.807, 2.05) is 12.2 Å². The number of carbonyl (C=O) groups is 2. The van der Waals surface area contributed by atoms with Crippen LogP contribution in [0.5, 0.6) is 0 Å². The number of ether oxygens (including phenoxy) is 1. The summed E-state index contributed by atoms with van der Waals surface area (Å²) < 4.78 is 5.45. The largest absolute Gasteiger partial charge is 0.481 e. The van der Waals surface area contributed by atoms with Crippen molar-refractivity contribution in [3.05, 3.63) is 25.3 Å². The Balaban J connectivity index is 4.01. The fraction of sp³-hybridized carbons (Fsp3) is 0.727. The molecule has 0 saturated carbocycles. The molecule has 0 bridgehead atoms. The van der Waals surface area contributed by atoms with Gasteiger partial charge in [0.15, 0.2) is 0 Å². The zero-order valence-electron chi connectivity index (χ0n) is 16.4. The molecule has 0 aliphatic rings. The minimum Gasteiger partial charge on any atom is -0.481 e. The first-order valence-corrected chi connectivity index (χ1v) is 10.2. The maximum atomic E-state index is 11.8. The Morgan fingerprint density at radius 2 is 1.35 bits per heavy atom. The van der Waals surface area contributed by atoms with Crippen LogP contribution in [0.3, 0.4) is 0 Å². The number of carboxylic acids is 1. The second kappa shape index (κ2) is 18.2. The molecular weight excluding hydrogens is 328 g/mol. The molecule has 1 N–H and O–H groups in total. The van der Waals surface area contributed by atoms with Crippen molar-refractivity contribution in [2.24, 2.45) is 5.92 Å². The van der Waals surface area contributed by atoms with Gasteiger partial charge in [-0.25, -0.2) is 0 Å². The number of allylic oxidation sites excluding steroid dienone is 2. The molecule has 4 heteroatoms. The van der Waals surface area contributed by atoms with Crippen molar-refractivity contribution < 1.29 is 19.4 Å². The Morgan fingerprint density at radius 3 is 1.85 bits per heavy atom. The van der Waals surface area contributed by atoms with Gasteiger partial charge in [-0.1, -0.05) is 37.8 Å². The van der Waals surface area contributed by atoms with Gasteiger partial charge in [-0.3, -0.25) is 9.59 Å². The number of rotatable bonds is 19. The molecule has 0 radical (unpaired) electrons. The van der Waals surface area contributed by atoms with E-state index in [1.165, 1.54) is 38.5 Å². The number of carbonyl (C=O) groups excluding carboxylic acids is 1. The van der Waals surface area contributed by atoms with Crippen LogP contribution in [0, 0.1) is 5.92 Å². The van der Waals surface area contributed by atoms with Crippen molar-refractivity contribution in [3.63, 3.8) is 0 Å². The van der Waals surface area contributed by atoms with E-state index in [-0.39, 0.29) is 12.4 Å². The highest BCUT2D eigenvalue weighted by Gasteiger charge is 2.12. The zero-order chi connectivity index (χ0) is 19.5. The smallest absolute Gasteiger partial charge is 0.305 e. The van der Waals surface area contributed by atoms with Crippen molar-refractivity contribution in [3.8, 4) is 0 Å². The number of esters is 1. The van der Waals surface area contributed by atoms with E-state index in [9.17, 15) is 9.59 Å². The molecule has 150 valence electrons. The molecule has 0 spiro atoms. The Kier molecular flexibility index (Phi) is 17.1. The summed E-state index contributed by atoms with van der Waals surface area (Å²) in [5, 5.41) is 8.60. The number of unbranched alkanes of at least 4 members (excludes halogenated alkanes) is 7. The third-order valence-corrected chi connectivity index (χ3v) is 4.54. The number of hydrogen-bond acceptors (Lipinski definition) is 3. The summed E-state index contributed by atoms with van der Waals surface area (Å²) in [5.74, 6) is -0.574. The first-order chi connectivity index (χ1) is 12.6. The molecule has 0 atom stereocenters. The minimum atomic E-state index is -0.814. The Morgan fingerprint density at radius 1 is 0.808 bits per heavy atom. The molecule has 4 nitrogen and oxygen atoms in total. The molecule has 26 heavy (non-hydrogen) atoms. The normalized spacial score (nSPS) is 10.7. The number of hydrogen-bond donors (Lipinski definition) is 1. The van der Waals surface area contributed by atoms with Crippen LogP contribution in [-0.2, 0) is 14.3 Å². The van der Waals surface area contributed by atoms with Crippen LogP contribution >= 0.6 is 0 Å². The molecule has 0 heterocycles. The van der Waals surface area contributed by atoms with Gasteiger partial charge in [-0.05, 0) is 57.3 Å². The maximum absolute atomic E-state index is 11.8. The van der Waals surface area contributed by atoms with Crippen LogP contribution < -0.4 is 0 Å². The molecule has 0 rings (SSSR count). The van der Waals surface area contributed by atoms with Gasteiger partial charge in [-0.2, -0.15) is 0 Å². The van der Waals surface area contributed by atoms with E-state index in [4.69, 9.17) is 9.84 Å². The first-order valence-electron chi connectivity index (χ1n) is 10.2.